The molecule has 3 heteroatoms. The van der Waals surface area contributed by atoms with Gasteiger partial charge in [-0.15, -0.1) is 0 Å². The summed E-state index contributed by atoms with van der Waals surface area (Å²) in [6, 6.07) is 16.7. The maximum absolute atomic E-state index is 6.28. The zero-order chi connectivity index (χ0) is 16.4. The van der Waals surface area contributed by atoms with Gasteiger partial charge in [-0.1, -0.05) is 30.3 Å². The molecule has 0 fully saturated rings. The minimum absolute atomic E-state index is 0.882. The molecular weight excluding hydrogens is 296 g/mol. The van der Waals surface area contributed by atoms with E-state index in [9.17, 15) is 0 Å². The van der Waals surface area contributed by atoms with Crippen LogP contribution in [0, 0.1) is 13.8 Å². The fraction of sp³-hybridized carbons (Fsp3) is 0.143. The van der Waals surface area contributed by atoms with Crippen molar-refractivity contribution < 1.29 is 9.30 Å². The number of hydrogen-bond acceptors (Lipinski definition) is 2. The van der Waals surface area contributed by atoms with Gasteiger partial charge < -0.3 is 4.74 Å². The summed E-state index contributed by atoms with van der Waals surface area (Å²) in [4.78, 5) is 4.73. The molecule has 2 heterocycles. The second-order valence-electron chi connectivity index (χ2n) is 6.41. The molecule has 1 aliphatic rings. The largest absolute Gasteiger partial charge is 0.456 e. The van der Waals surface area contributed by atoms with Gasteiger partial charge in [0.2, 0.25) is 0 Å². The van der Waals surface area contributed by atoms with E-state index in [1.54, 1.807) is 0 Å². The van der Waals surface area contributed by atoms with E-state index in [2.05, 4.69) is 54.9 Å². The lowest BCUT2D eigenvalue weighted by Crippen LogP contribution is -2.37. The average Bonchev–Trinajstić information content (AvgIpc) is 2.59. The van der Waals surface area contributed by atoms with Gasteiger partial charge in [0.05, 0.1) is 12.6 Å². The summed E-state index contributed by atoms with van der Waals surface area (Å²) in [5.74, 6) is 2.80. The number of rotatable bonds is 0. The van der Waals surface area contributed by atoms with Crippen molar-refractivity contribution in [2.75, 3.05) is 0 Å². The first-order valence-electron chi connectivity index (χ1n) is 8.15. The van der Waals surface area contributed by atoms with E-state index in [1.807, 2.05) is 19.1 Å². The third kappa shape index (κ3) is 1.61. The summed E-state index contributed by atoms with van der Waals surface area (Å²) < 4.78 is 8.46. The van der Waals surface area contributed by atoms with Gasteiger partial charge in [0.25, 0.3) is 5.82 Å². The highest BCUT2D eigenvalue weighted by atomic mass is 16.5. The molecule has 0 amide bonds. The topological polar surface area (TPSA) is 26.0 Å². The molecule has 0 spiro atoms. The summed E-state index contributed by atoms with van der Waals surface area (Å²) in [6.45, 7) is 4.23. The van der Waals surface area contributed by atoms with E-state index < -0.39 is 0 Å². The molecule has 4 aromatic rings. The third-order valence-electron chi connectivity index (χ3n) is 5.07. The lowest BCUT2D eigenvalue weighted by Gasteiger charge is -2.22. The molecule has 1 aliphatic heterocycles. The summed E-state index contributed by atoms with van der Waals surface area (Å²) in [7, 11) is 2.08. The molecule has 0 radical (unpaired) electrons. The highest BCUT2D eigenvalue weighted by Gasteiger charge is 2.30. The highest BCUT2D eigenvalue weighted by Crippen LogP contribution is 2.47. The van der Waals surface area contributed by atoms with Crippen molar-refractivity contribution in [3.8, 4) is 22.8 Å². The minimum Gasteiger partial charge on any atom is -0.456 e. The predicted molar refractivity (Wildman–Crippen MR) is 95.4 cm³/mol. The van der Waals surface area contributed by atoms with E-state index >= 15 is 0 Å². The molecule has 0 saturated carbocycles. The van der Waals surface area contributed by atoms with Crippen LogP contribution in [0.15, 0.2) is 48.5 Å². The number of nitrogens with zero attached hydrogens (tertiary/aromatic N) is 2. The van der Waals surface area contributed by atoms with Crippen LogP contribution in [0.1, 0.15) is 11.4 Å². The number of aryl methyl sites for hydroxylation is 2. The number of aromatic nitrogens is 2. The Morgan fingerprint density at radius 3 is 2.67 bits per heavy atom. The monoisotopic (exact) mass is 313 g/mol. The minimum atomic E-state index is 0.882. The maximum Gasteiger partial charge on any atom is 0.296 e. The van der Waals surface area contributed by atoms with Crippen molar-refractivity contribution in [3.63, 3.8) is 0 Å². The normalized spacial score (nSPS) is 12.3. The number of benzene rings is 3. The van der Waals surface area contributed by atoms with Gasteiger partial charge in [-0.25, -0.2) is 4.57 Å². The smallest absolute Gasteiger partial charge is 0.296 e. The Bertz CT molecular complexity index is 1160. The summed E-state index contributed by atoms with van der Waals surface area (Å²) in [6.07, 6.45) is 0. The molecule has 5 rings (SSSR count). The van der Waals surface area contributed by atoms with Gasteiger partial charge in [0, 0.05) is 6.92 Å². The second-order valence-corrected chi connectivity index (χ2v) is 6.41. The van der Waals surface area contributed by atoms with Crippen molar-refractivity contribution in [1.82, 2.24) is 4.98 Å². The number of ether oxygens (including phenoxy) is 1. The first-order chi connectivity index (χ1) is 11.6. The van der Waals surface area contributed by atoms with Gasteiger partial charge >= 0.3 is 0 Å². The van der Waals surface area contributed by atoms with Crippen LogP contribution in [-0.2, 0) is 7.05 Å². The van der Waals surface area contributed by atoms with Crippen molar-refractivity contribution in [2.45, 2.75) is 13.8 Å². The summed E-state index contributed by atoms with van der Waals surface area (Å²) in [5.41, 5.74) is 4.60. The summed E-state index contributed by atoms with van der Waals surface area (Å²) in [5, 5.41) is 3.57. The van der Waals surface area contributed by atoms with E-state index in [0.717, 1.165) is 28.2 Å². The lowest BCUT2D eigenvalue weighted by molar-refractivity contribution is -0.668. The Balaban J connectivity index is 2.04. The first-order valence-corrected chi connectivity index (χ1v) is 8.15. The molecule has 1 aromatic heterocycles. The highest BCUT2D eigenvalue weighted by molar-refractivity contribution is 6.04. The Morgan fingerprint density at radius 2 is 1.79 bits per heavy atom. The fourth-order valence-corrected chi connectivity index (χ4v) is 3.80. The van der Waals surface area contributed by atoms with E-state index in [-0.39, 0.29) is 0 Å². The lowest BCUT2D eigenvalue weighted by atomic mass is 9.93. The third-order valence-corrected chi connectivity index (χ3v) is 5.07. The van der Waals surface area contributed by atoms with E-state index in [1.165, 1.54) is 27.6 Å². The van der Waals surface area contributed by atoms with Gasteiger partial charge in [0.15, 0.2) is 11.2 Å². The van der Waals surface area contributed by atoms with Gasteiger partial charge in [0.1, 0.15) is 16.9 Å². The Morgan fingerprint density at radius 1 is 0.958 bits per heavy atom. The molecule has 3 nitrogen and oxygen atoms in total. The van der Waals surface area contributed by atoms with Crippen LogP contribution in [0.4, 0.5) is 0 Å². The van der Waals surface area contributed by atoms with Crippen LogP contribution in [-0.4, -0.2) is 4.98 Å². The molecule has 0 aliphatic carbocycles. The van der Waals surface area contributed by atoms with Crippen LogP contribution >= 0.6 is 0 Å². The molecule has 0 unspecified atom stereocenters. The first kappa shape index (κ1) is 13.5. The standard InChI is InChI=1S/C21H17N2O/c1-12-15-8-5-4-7-14(15)11-18-19(12)21-20-16(22-13(2)23(21)3)9-6-10-17(20)24-18/h4-11H,1-3H3/q+1. The van der Waals surface area contributed by atoms with Crippen LogP contribution in [0.5, 0.6) is 11.5 Å². The molecule has 0 atom stereocenters. The molecule has 24 heavy (non-hydrogen) atoms. The zero-order valence-electron chi connectivity index (χ0n) is 13.9. The van der Waals surface area contributed by atoms with Gasteiger partial charge in [-0.05, 0) is 46.4 Å². The quantitative estimate of drug-likeness (QED) is 0.390. The number of hydrogen-bond donors (Lipinski definition) is 0. The number of fused-ring (bicyclic) bond motifs is 3. The van der Waals surface area contributed by atoms with E-state index in [4.69, 9.17) is 9.72 Å². The van der Waals surface area contributed by atoms with Gasteiger partial charge in [-0.3, -0.25) is 0 Å². The Labute approximate surface area is 140 Å². The Hall–Kier alpha value is -2.94. The van der Waals surface area contributed by atoms with Crippen LogP contribution in [0.3, 0.4) is 0 Å². The van der Waals surface area contributed by atoms with E-state index in [0.29, 0.717) is 0 Å². The molecule has 0 N–H and O–H groups in total. The van der Waals surface area contributed by atoms with Gasteiger partial charge in [-0.2, -0.15) is 0 Å². The van der Waals surface area contributed by atoms with Crippen LogP contribution in [0.25, 0.3) is 32.9 Å². The predicted octanol–water partition coefficient (Wildman–Crippen LogP) is 4.60. The van der Waals surface area contributed by atoms with Crippen molar-refractivity contribution in [1.29, 1.82) is 0 Å². The Kier molecular flexibility index (Phi) is 2.55. The zero-order valence-corrected chi connectivity index (χ0v) is 13.9. The maximum atomic E-state index is 6.28. The molecule has 116 valence electrons. The molecule has 0 bridgehead atoms. The summed E-state index contributed by atoms with van der Waals surface area (Å²) >= 11 is 0. The van der Waals surface area contributed by atoms with Crippen LogP contribution in [0.2, 0.25) is 0 Å². The average molecular weight is 313 g/mol. The van der Waals surface area contributed by atoms with Crippen molar-refractivity contribution in [2.24, 2.45) is 7.05 Å². The van der Waals surface area contributed by atoms with Crippen molar-refractivity contribution in [3.05, 3.63) is 59.9 Å². The second kappa shape index (κ2) is 4.54. The molecule has 3 aromatic carbocycles. The SMILES string of the molecule is Cc1c2c(cc3ccccc13)Oc1cccc3nc(C)[n+](C)c-2c13. The molecule has 0 saturated heterocycles. The van der Waals surface area contributed by atoms with Crippen LogP contribution < -0.4 is 9.30 Å². The fourth-order valence-electron chi connectivity index (χ4n) is 3.80. The van der Waals surface area contributed by atoms with Crippen molar-refractivity contribution >= 4 is 21.7 Å². The molecular formula is C21H17N2O+.